The highest BCUT2D eigenvalue weighted by atomic mass is 14.6. The summed E-state index contributed by atoms with van der Waals surface area (Å²) < 4.78 is 0. The van der Waals surface area contributed by atoms with Crippen LogP contribution in [0.15, 0.2) is 91.0 Å². The second kappa shape index (κ2) is 12.8. The quantitative estimate of drug-likeness (QED) is 0.647. The Hall–Kier alpha value is -2.46. The number of hydrogen-bond donors (Lipinski definition) is 3. The lowest BCUT2D eigenvalue weighted by atomic mass is 10.1. The van der Waals surface area contributed by atoms with Crippen molar-refractivity contribution in [3.8, 4) is 0 Å². The Morgan fingerprint density at radius 2 is 0.885 bits per heavy atom. The molecule has 0 aliphatic carbocycles. The molecule has 138 valence electrons. The molecule has 3 nitrogen and oxygen atoms in total. The van der Waals surface area contributed by atoms with Gasteiger partial charge in [-0.1, -0.05) is 91.0 Å². The maximum absolute atomic E-state index is 3.91. The highest BCUT2D eigenvalue weighted by molar-refractivity contribution is 5.16. The summed E-state index contributed by atoms with van der Waals surface area (Å²) in [6.07, 6.45) is 0. The summed E-state index contributed by atoms with van der Waals surface area (Å²) in [5, 5.41) is 0. The van der Waals surface area contributed by atoms with Crippen LogP contribution in [0.3, 0.4) is 0 Å². The van der Waals surface area contributed by atoms with Gasteiger partial charge in [-0.25, -0.2) is 0 Å². The number of benzene rings is 3. The van der Waals surface area contributed by atoms with E-state index in [0.29, 0.717) is 12.1 Å². The van der Waals surface area contributed by atoms with Crippen molar-refractivity contribution in [3.63, 3.8) is 0 Å². The van der Waals surface area contributed by atoms with Crippen LogP contribution in [0.2, 0.25) is 0 Å². The van der Waals surface area contributed by atoms with E-state index in [1.54, 1.807) is 0 Å². The maximum atomic E-state index is 3.91. The van der Waals surface area contributed by atoms with E-state index in [-0.39, 0.29) is 0 Å². The van der Waals surface area contributed by atoms with Gasteiger partial charge in [0.15, 0.2) is 0 Å². The summed E-state index contributed by atoms with van der Waals surface area (Å²) in [5.74, 6) is 0. The second-order valence-electron chi connectivity index (χ2n) is 6.36. The van der Waals surface area contributed by atoms with Crippen LogP contribution < -0.4 is 17.2 Å². The molecule has 0 heterocycles. The molecule has 3 aromatic rings. The summed E-state index contributed by atoms with van der Waals surface area (Å²) in [6.45, 7) is 5.07. The lowest BCUT2D eigenvalue weighted by molar-refractivity contribution is -0.420. The van der Waals surface area contributed by atoms with Gasteiger partial charge < -0.3 is 17.2 Å². The van der Waals surface area contributed by atoms with Crippen LogP contribution in [-0.4, -0.2) is 0 Å². The molecule has 0 amide bonds. The molecule has 0 aromatic heterocycles. The molecule has 0 saturated heterocycles. The minimum Gasteiger partial charge on any atom is -0.354 e. The van der Waals surface area contributed by atoms with E-state index in [2.05, 4.69) is 67.4 Å². The van der Waals surface area contributed by atoms with Crippen molar-refractivity contribution in [1.29, 1.82) is 0 Å². The van der Waals surface area contributed by atoms with Gasteiger partial charge in [-0.15, -0.1) is 0 Å². The van der Waals surface area contributed by atoms with E-state index in [4.69, 9.17) is 0 Å². The van der Waals surface area contributed by atoms with Crippen LogP contribution in [0.4, 0.5) is 0 Å². The largest absolute Gasteiger partial charge is 0.354 e. The van der Waals surface area contributed by atoms with Gasteiger partial charge in [0.1, 0.15) is 12.1 Å². The molecule has 0 spiro atoms. The van der Waals surface area contributed by atoms with Crippen molar-refractivity contribution in [2.24, 2.45) is 0 Å². The van der Waals surface area contributed by atoms with Crippen molar-refractivity contribution in [2.75, 3.05) is 0 Å². The predicted octanol–water partition coefficient (Wildman–Crippen LogP) is 2.41. The van der Waals surface area contributed by atoms with Gasteiger partial charge in [0, 0.05) is 16.7 Å². The van der Waals surface area contributed by atoms with Crippen LogP contribution in [0.25, 0.3) is 0 Å². The molecule has 3 rings (SSSR count). The zero-order chi connectivity index (χ0) is 19.2. The van der Waals surface area contributed by atoms with E-state index in [9.17, 15) is 0 Å². The minimum atomic E-state index is 0.409. The van der Waals surface area contributed by atoms with Crippen molar-refractivity contribution in [1.82, 2.24) is 0 Å². The first-order valence-electron chi connectivity index (χ1n) is 9.13. The molecule has 0 saturated carbocycles. The molecule has 0 aliphatic heterocycles. The van der Waals surface area contributed by atoms with E-state index in [1.165, 1.54) is 16.7 Å². The van der Waals surface area contributed by atoms with Gasteiger partial charge in [-0.3, -0.25) is 0 Å². The Kier molecular flexibility index (Phi) is 10.7. The smallest absolute Gasteiger partial charge is 0.107 e. The van der Waals surface area contributed by atoms with E-state index >= 15 is 0 Å². The van der Waals surface area contributed by atoms with Gasteiger partial charge in [0.05, 0.1) is 6.54 Å². The predicted molar refractivity (Wildman–Crippen MR) is 109 cm³/mol. The zero-order valence-corrected chi connectivity index (χ0v) is 16.1. The molecule has 3 aromatic carbocycles. The van der Waals surface area contributed by atoms with Crippen LogP contribution in [0.5, 0.6) is 0 Å². The first-order valence-corrected chi connectivity index (χ1v) is 9.13. The number of rotatable bonds is 3. The summed E-state index contributed by atoms with van der Waals surface area (Å²) in [7, 11) is 0. The lowest BCUT2D eigenvalue weighted by Crippen LogP contribution is -2.51. The molecule has 2 atom stereocenters. The van der Waals surface area contributed by atoms with Crippen molar-refractivity contribution in [3.05, 3.63) is 108 Å². The van der Waals surface area contributed by atoms with E-state index in [0.717, 1.165) is 6.54 Å². The minimum absolute atomic E-state index is 0.409. The summed E-state index contributed by atoms with van der Waals surface area (Å²) >= 11 is 0. The molecule has 0 unspecified atom stereocenters. The molecular formula is C23H34N3+3. The fraction of sp³-hybridized carbons (Fsp3) is 0.217. The van der Waals surface area contributed by atoms with Crippen molar-refractivity contribution < 1.29 is 17.2 Å². The van der Waals surface area contributed by atoms with Crippen LogP contribution in [0.1, 0.15) is 42.6 Å². The van der Waals surface area contributed by atoms with Crippen LogP contribution >= 0.6 is 0 Å². The SMILES string of the molecule is C[C@@H]([NH3+])c1ccccc1.C[C@H]([NH3+])c1ccccc1.[NH3+]Cc1ccccc1. The number of quaternary nitrogens is 3. The van der Waals surface area contributed by atoms with Gasteiger partial charge in [0.25, 0.3) is 0 Å². The first-order chi connectivity index (χ1) is 12.5. The van der Waals surface area contributed by atoms with Gasteiger partial charge in [0.2, 0.25) is 0 Å². The summed E-state index contributed by atoms with van der Waals surface area (Å²) in [4.78, 5) is 0. The molecule has 0 fully saturated rings. The summed E-state index contributed by atoms with van der Waals surface area (Å²) in [5.41, 5.74) is 15.5. The second-order valence-corrected chi connectivity index (χ2v) is 6.36. The zero-order valence-electron chi connectivity index (χ0n) is 16.1. The topological polar surface area (TPSA) is 82.9 Å². The van der Waals surface area contributed by atoms with Gasteiger partial charge in [-0.2, -0.15) is 0 Å². The third-order valence-electron chi connectivity index (χ3n) is 3.87. The van der Waals surface area contributed by atoms with E-state index in [1.807, 2.05) is 54.6 Å². The van der Waals surface area contributed by atoms with Crippen LogP contribution in [0, 0.1) is 0 Å². The highest BCUT2D eigenvalue weighted by Crippen LogP contribution is 2.05. The third kappa shape index (κ3) is 9.14. The Balaban J connectivity index is 0.000000195. The molecule has 0 radical (unpaired) electrons. The average Bonchev–Trinajstić information content (AvgIpc) is 2.71. The lowest BCUT2D eigenvalue weighted by Gasteiger charge is -1.98. The third-order valence-corrected chi connectivity index (χ3v) is 3.87. The highest BCUT2D eigenvalue weighted by Gasteiger charge is 1.98. The molecular weight excluding hydrogens is 318 g/mol. The standard InChI is InChI=1S/2C8H11N.C7H9N/c2*1-7(9)8-5-3-2-4-6-8;8-6-7-4-2-1-3-5-7/h2*2-7H,9H2,1H3;1-5H,6,8H2/p+3/t2*7-;/m10./s1. The molecule has 3 heteroatoms. The fourth-order valence-electron chi connectivity index (χ4n) is 2.21. The fourth-order valence-corrected chi connectivity index (χ4v) is 2.21. The normalized spacial score (nSPS) is 11.9. The van der Waals surface area contributed by atoms with Crippen molar-refractivity contribution >= 4 is 0 Å². The Labute approximate surface area is 157 Å². The first kappa shape index (κ1) is 21.6. The van der Waals surface area contributed by atoms with Gasteiger partial charge >= 0.3 is 0 Å². The van der Waals surface area contributed by atoms with Crippen molar-refractivity contribution in [2.45, 2.75) is 32.5 Å². The van der Waals surface area contributed by atoms with Crippen LogP contribution in [-0.2, 0) is 6.54 Å². The Morgan fingerprint density at radius 3 is 1.08 bits per heavy atom. The molecule has 0 bridgehead atoms. The van der Waals surface area contributed by atoms with Gasteiger partial charge in [-0.05, 0) is 13.8 Å². The Bertz CT molecular complexity index is 637. The molecule has 9 N–H and O–H groups in total. The molecule has 0 aliphatic rings. The monoisotopic (exact) mass is 352 g/mol. The van der Waals surface area contributed by atoms with E-state index < -0.39 is 0 Å². The molecule has 26 heavy (non-hydrogen) atoms. The maximum Gasteiger partial charge on any atom is 0.107 e. The average molecular weight is 353 g/mol. The summed E-state index contributed by atoms with van der Waals surface area (Å²) in [6, 6.07) is 31.6. The Morgan fingerprint density at radius 1 is 0.577 bits per heavy atom. The number of hydrogen-bond acceptors (Lipinski definition) is 0.